The molecule has 0 saturated heterocycles. The largest absolute Gasteiger partial charge is 0.371 e. The third kappa shape index (κ3) is 4.51. The molecule has 1 aliphatic heterocycles. The molecule has 3 aromatic heterocycles. The fraction of sp³-hybridized carbons (Fsp3) is 0.308. The van der Waals surface area contributed by atoms with E-state index in [9.17, 15) is 4.79 Å². The zero-order chi connectivity index (χ0) is 23.5. The van der Waals surface area contributed by atoms with Crippen molar-refractivity contribution in [2.75, 3.05) is 31.6 Å². The van der Waals surface area contributed by atoms with Crippen LogP contribution < -0.4 is 10.2 Å². The molecule has 0 spiro atoms. The number of hydrogen-bond donors (Lipinski definition) is 1. The summed E-state index contributed by atoms with van der Waals surface area (Å²) in [6.45, 7) is 3.84. The highest BCUT2D eigenvalue weighted by molar-refractivity contribution is 7.20. The van der Waals surface area contributed by atoms with E-state index < -0.39 is 0 Å². The van der Waals surface area contributed by atoms with Crippen molar-refractivity contribution >= 4 is 33.3 Å². The average Bonchev–Trinajstić information content (AvgIpc) is 3.23. The quantitative estimate of drug-likeness (QED) is 0.435. The topological polar surface area (TPSA) is 80.2 Å². The summed E-state index contributed by atoms with van der Waals surface area (Å²) in [4.78, 5) is 30.1. The van der Waals surface area contributed by atoms with Crippen molar-refractivity contribution in [2.45, 2.75) is 25.9 Å². The van der Waals surface area contributed by atoms with Gasteiger partial charge in [-0.25, -0.2) is 9.97 Å². The summed E-state index contributed by atoms with van der Waals surface area (Å²) in [6, 6.07) is 14.2. The Morgan fingerprint density at radius 1 is 1.18 bits per heavy atom. The van der Waals surface area contributed by atoms with E-state index in [4.69, 9.17) is 4.74 Å². The molecule has 8 heteroatoms. The smallest absolute Gasteiger partial charge is 0.261 e. The SMILES string of the molecule is Cc1c(C(=O)NCC2OCCc3ccccc32)sc2ncnc(N(C)CCc3ccccn3)c12. The standard InChI is InChI=1S/C26H27N5O2S/c1-17-22-24(31(2)13-10-19-8-5-6-12-27-19)29-16-30-26(22)34-23(17)25(32)28-15-21-20-9-4-3-7-18(20)11-14-33-21/h3-9,12,16,21H,10-11,13-15H2,1-2H3,(H,28,32). The first-order chi connectivity index (χ1) is 16.6. The Kier molecular flexibility index (Phi) is 6.51. The van der Waals surface area contributed by atoms with Gasteiger partial charge >= 0.3 is 0 Å². The minimum absolute atomic E-state index is 0.103. The molecule has 174 valence electrons. The second kappa shape index (κ2) is 9.87. The summed E-state index contributed by atoms with van der Waals surface area (Å²) in [6.07, 6.45) is 4.97. The van der Waals surface area contributed by atoms with Crippen LogP contribution in [-0.4, -0.2) is 47.6 Å². The molecular weight excluding hydrogens is 446 g/mol. The lowest BCUT2D eigenvalue weighted by Gasteiger charge is -2.26. The van der Waals surface area contributed by atoms with Gasteiger partial charge in [0.25, 0.3) is 5.91 Å². The van der Waals surface area contributed by atoms with Gasteiger partial charge in [-0.05, 0) is 42.2 Å². The maximum atomic E-state index is 13.2. The van der Waals surface area contributed by atoms with Gasteiger partial charge in [-0.2, -0.15) is 0 Å². The monoisotopic (exact) mass is 473 g/mol. The van der Waals surface area contributed by atoms with E-state index in [1.54, 1.807) is 6.33 Å². The number of likely N-dealkylation sites (N-methyl/N-ethyl adjacent to an activating group) is 1. The van der Waals surface area contributed by atoms with Crippen molar-refractivity contribution in [3.8, 4) is 0 Å². The third-order valence-corrected chi connectivity index (χ3v) is 7.44. The number of carbonyl (C=O) groups is 1. The molecule has 0 fully saturated rings. The molecule has 1 atom stereocenters. The first kappa shape index (κ1) is 22.4. The van der Waals surface area contributed by atoms with Crippen LogP contribution in [0.1, 0.15) is 38.2 Å². The third-order valence-electron chi connectivity index (χ3n) is 6.24. The van der Waals surface area contributed by atoms with Crippen molar-refractivity contribution in [3.05, 3.63) is 82.3 Å². The van der Waals surface area contributed by atoms with Crippen LogP contribution in [0.3, 0.4) is 0 Å². The lowest BCUT2D eigenvalue weighted by molar-refractivity contribution is 0.0412. The fourth-order valence-corrected chi connectivity index (χ4v) is 5.46. The molecule has 1 aromatic carbocycles. The number of ether oxygens (including phenoxy) is 1. The van der Waals surface area contributed by atoms with Gasteiger partial charge in [0, 0.05) is 38.4 Å². The van der Waals surface area contributed by atoms with Gasteiger partial charge in [0.2, 0.25) is 0 Å². The number of aryl methyl sites for hydroxylation is 1. The van der Waals surface area contributed by atoms with Gasteiger partial charge in [0.05, 0.1) is 16.9 Å². The molecule has 1 amide bonds. The Morgan fingerprint density at radius 2 is 2.03 bits per heavy atom. The summed E-state index contributed by atoms with van der Waals surface area (Å²) in [5, 5.41) is 4.01. The van der Waals surface area contributed by atoms with Gasteiger partial charge in [0.1, 0.15) is 23.1 Å². The van der Waals surface area contributed by atoms with Crippen LogP contribution in [0, 0.1) is 6.92 Å². The molecule has 1 aliphatic rings. The van der Waals surface area contributed by atoms with Crippen molar-refractivity contribution in [2.24, 2.45) is 0 Å². The molecule has 0 bridgehead atoms. The zero-order valence-corrected chi connectivity index (χ0v) is 20.1. The molecular formula is C26H27N5O2S. The average molecular weight is 474 g/mol. The van der Waals surface area contributed by atoms with Crippen LogP contribution in [-0.2, 0) is 17.6 Å². The Morgan fingerprint density at radius 3 is 2.88 bits per heavy atom. The molecule has 4 aromatic rings. The highest BCUT2D eigenvalue weighted by atomic mass is 32.1. The normalized spacial score (nSPS) is 15.2. The Bertz CT molecular complexity index is 1310. The highest BCUT2D eigenvalue weighted by Crippen LogP contribution is 2.35. The minimum atomic E-state index is -0.128. The number of hydrogen-bond acceptors (Lipinski definition) is 7. The molecule has 0 radical (unpaired) electrons. The number of amides is 1. The van der Waals surface area contributed by atoms with E-state index in [1.807, 2.05) is 50.5 Å². The molecule has 5 rings (SSSR count). The maximum absolute atomic E-state index is 13.2. The summed E-state index contributed by atoms with van der Waals surface area (Å²) in [7, 11) is 2.01. The van der Waals surface area contributed by atoms with Crippen LogP contribution >= 0.6 is 11.3 Å². The first-order valence-electron chi connectivity index (χ1n) is 11.4. The van der Waals surface area contributed by atoms with Crippen molar-refractivity contribution in [3.63, 3.8) is 0 Å². The van der Waals surface area contributed by atoms with Gasteiger partial charge < -0.3 is 15.0 Å². The number of anilines is 1. The molecule has 1 unspecified atom stereocenters. The summed E-state index contributed by atoms with van der Waals surface area (Å²) < 4.78 is 5.95. The van der Waals surface area contributed by atoms with Gasteiger partial charge in [-0.15, -0.1) is 11.3 Å². The number of carbonyl (C=O) groups excluding carboxylic acids is 1. The van der Waals surface area contributed by atoms with E-state index in [-0.39, 0.29) is 12.0 Å². The number of fused-ring (bicyclic) bond motifs is 2. The number of thiophene rings is 1. The van der Waals surface area contributed by atoms with E-state index in [0.717, 1.165) is 52.2 Å². The van der Waals surface area contributed by atoms with Gasteiger partial charge in [-0.3, -0.25) is 9.78 Å². The van der Waals surface area contributed by atoms with Crippen molar-refractivity contribution in [1.82, 2.24) is 20.3 Å². The van der Waals surface area contributed by atoms with Crippen LogP contribution in [0.25, 0.3) is 10.2 Å². The van der Waals surface area contributed by atoms with Crippen LogP contribution in [0.4, 0.5) is 5.82 Å². The molecule has 34 heavy (non-hydrogen) atoms. The minimum Gasteiger partial charge on any atom is -0.371 e. The van der Waals surface area contributed by atoms with E-state index in [2.05, 4.69) is 37.3 Å². The molecule has 7 nitrogen and oxygen atoms in total. The second-order valence-corrected chi connectivity index (χ2v) is 9.44. The fourth-order valence-electron chi connectivity index (χ4n) is 4.40. The zero-order valence-electron chi connectivity index (χ0n) is 19.3. The van der Waals surface area contributed by atoms with E-state index in [1.165, 1.54) is 16.9 Å². The van der Waals surface area contributed by atoms with Crippen LogP contribution in [0.2, 0.25) is 0 Å². The van der Waals surface area contributed by atoms with E-state index >= 15 is 0 Å². The lowest BCUT2D eigenvalue weighted by Crippen LogP contribution is -2.31. The highest BCUT2D eigenvalue weighted by Gasteiger charge is 2.24. The van der Waals surface area contributed by atoms with Crippen LogP contribution in [0.15, 0.2) is 55.0 Å². The maximum Gasteiger partial charge on any atom is 0.261 e. The predicted octanol–water partition coefficient (Wildman–Crippen LogP) is 4.12. The Labute approximate surface area is 202 Å². The summed E-state index contributed by atoms with van der Waals surface area (Å²) in [5.74, 6) is 0.729. The second-order valence-electron chi connectivity index (χ2n) is 8.44. The van der Waals surface area contributed by atoms with Gasteiger partial charge in [0.15, 0.2) is 0 Å². The molecule has 1 N–H and O–H groups in total. The summed E-state index contributed by atoms with van der Waals surface area (Å²) in [5.41, 5.74) is 4.39. The Hall–Kier alpha value is -3.36. The number of nitrogens with one attached hydrogen (secondary N) is 1. The summed E-state index contributed by atoms with van der Waals surface area (Å²) >= 11 is 1.41. The predicted molar refractivity (Wildman–Crippen MR) is 135 cm³/mol. The van der Waals surface area contributed by atoms with Crippen LogP contribution in [0.5, 0.6) is 0 Å². The lowest BCUT2D eigenvalue weighted by atomic mass is 9.97. The first-order valence-corrected chi connectivity index (χ1v) is 12.3. The molecule has 0 aliphatic carbocycles. The number of aromatic nitrogens is 3. The number of pyridine rings is 1. The van der Waals surface area contributed by atoms with E-state index in [0.29, 0.717) is 18.0 Å². The van der Waals surface area contributed by atoms with Crippen molar-refractivity contribution < 1.29 is 9.53 Å². The number of rotatable bonds is 7. The number of benzene rings is 1. The van der Waals surface area contributed by atoms with Crippen molar-refractivity contribution in [1.29, 1.82) is 0 Å². The molecule has 4 heterocycles. The molecule has 0 saturated carbocycles. The Balaban J connectivity index is 1.32. The number of nitrogens with zero attached hydrogens (tertiary/aromatic N) is 4. The van der Waals surface area contributed by atoms with Gasteiger partial charge in [-0.1, -0.05) is 30.3 Å².